The number of Topliss-reactive ketones (excluding diaryl/α,β-unsaturated/α-hetero) is 1. The molecule has 0 saturated carbocycles. The Balaban J connectivity index is 2.72. The van der Waals surface area contributed by atoms with Crippen LogP contribution in [0.2, 0.25) is 0 Å². The van der Waals surface area contributed by atoms with Gasteiger partial charge >= 0.3 is 6.18 Å². The second kappa shape index (κ2) is 5.52. The molecule has 1 aromatic rings. The third-order valence-corrected chi connectivity index (χ3v) is 3.43. The number of carbonyl (C=O) groups excluding carboxylic acids is 1. The molecule has 0 aliphatic carbocycles. The van der Waals surface area contributed by atoms with E-state index in [1.54, 1.807) is 0 Å². The van der Waals surface area contributed by atoms with E-state index in [9.17, 15) is 18.0 Å². The van der Waals surface area contributed by atoms with Crippen LogP contribution in [0.4, 0.5) is 13.2 Å². The first kappa shape index (κ1) is 16.0. The van der Waals surface area contributed by atoms with Gasteiger partial charge in [-0.15, -0.1) is 11.8 Å². The van der Waals surface area contributed by atoms with E-state index in [-0.39, 0.29) is 16.5 Å². The fourth-order valence-electron chi connectivity index (χ4n) is 1.14. The Morgan fingerprint density at radius 1 is 1.37 bits per heavy atom. The van der Waals surface area contributed by atoms with Gasteiger partial charge in [0.2, 0.25) is 11.7 Å². The van der Waals surface area contributed by atoms with Crippen molar-refractivity contribution in [3.8, 4) is 0 Å². The second-order valence-corrected chi connectivity index (χ2v) is 6.84. The number of nitrogens with zero attached hydrogens (tertiary/aromatic N) is 2. The Kier molecular flexibility index (Phi) is 4.65. The molecule has 0 aliphatic heterocycles. The SMILES string of the molecule is CC(C(=O)C(F)(F)F)c1nc(CSC(C)(C)C)no1. The van der Waals surface area contributed by atoms with Crippen molar-refractivity contribution in [3.63, 3.8) is 0 Å². The second-order valence-electron chi connectivity index (χ2n) is 5.03. The van der Waals surface area contributed by atoms with Gasteiger partial charge < -0.3 is 4.52 Å². The summed E-state index contributed by atoms with van der Waals surface area (Å²) >= 11 is 1.53. The number of aromatic nitrogens is 2. The average Bonchev–Trinajstić information content (AvgIpc) is 2.70. The van der Waals surface area contributed by atoms with Gasteiger partial charge in [-0.25, -0.2) is 0 Å². The molecule has 1 heterocycles. The van der Waals surface area contributed by atoms with Crippen LogP contribution in [-0.4, -0.2) is 26.8 Å². The molecule has 0 aromatic carbocycles. The molecule has 108 valence electrons. The monoisotopic (exact) mass is 296 g/mol. The quantitative estimate of drug-likeness (QED) is 0.853. The van der Waals surface area contributed by atoms with E-state index in [1.165, 1.54) is 11.8 Å². The van der Waals surface area contributed by atoms with Crippen molar-refractivity contribution in [1.29, 1.82) is 0 Å². The number of carbonyl (C=O) groups is 1. The molecule has 0 aliphatic rings. The summed E-state index contributed by atoms with van der Waals surface area (Å²) in [6.07, 6.45) is -4.89. The Bertz CT molecular complexity index is 452. The smallest absolute Gasteiger partial charge is 0.339 e. The summed E-state index contributed by atoms with van der Waals surface area (Å²) < 4.78 is 41.5. The lowest BCUT2D eigenvalue weighted by molar-refractivity contribution is -0.172. The Morgan fingerprint density at radius 2 is 1.95 bits per heavy atom. The number of thioether (sulfide) groups is 1. The molecule has 1 rings (SSSR count). The zero-order chi connectivity index (χ0) is 14.8. The standard InChI is InChI=1S/C11H15F3N2O2S/c1-6(8(17)11(12,13)14)9-15-7(16-18-9)5-19-10(2,3)4/h6H,5H2,1-4H3. The van der Waals surface area contributed by atoms with Crippen LogP contribution in [0, 0.1) is 0 Å². The average molecular weight is 296 g/mol. The van der Waals surface area contributed by atoms with E-state index in [2.05, 4.69) is 10.1 Å². The van der Waals surface area contributed by atoms with Crippen molar-refractivity contribution in [3.05, 3.63) is 11.7 Å². The highest BCUT2D eigenvalue weighted by Gasteiger charge is 2.44. The molecule has 1 aromatic heterocycles. The lowest BCUT2D eigenvalue weighted by Gasteiger charge is -2.15. The van der Waals surface area contributed by atoms with Crippen molar-refractivity contribution in [1.82, 2.24) is 10.1 Å². The molecule has 0 amide bonds. The first-order valence-electron chi connectivity index (χ1n) is 5.58. The molecule has 0 saturated heterocycles. The van der Waals surface area contributed by atoms with Gasteiger partial charge in [-0.3, -0.25) is 4.79 Å². The summed E-state index contributed by atoms with van der Waals surface area (Å²) in [6.45, 7) is 7.08. The number of rotatable bonds is 4. The number of hydrogen-bond acceptors (Lipinski definition) is 5. The van der Waals surface area contributed by atoms with E-state index in [0.29, 0.717) is 5.75 Å². The van der Waals surface area contributed by atoms with E-state index in [4.69, 9.17) is 4.52 Å². The van der Waals surface area contributed by atoms with Crippen LogP contribution in [-0.2, 0) is 10.5 Å². The van der Waals surface area contributed by atoms with Crippen molar-refractivity contribution < 1.29 is 22.5 Å². The van der Waals surface area contributed by atoms with E-state index in [0.717, 1.165) is 6.92 Å². The maximum Gasteiger partial charge on any atom is 0.450 e. The first-order chi connectivity index (χ1) is 8.50. The molecule has 0 radical (unpaired) electrons. The molecule has 0 N–H and O–H groups in total. The van der Waals surface area contributed by atoms with Crippen LogP contribution in [0.25, 0.3) is 0 Å². The highest BCUT2D eigenvalue weighted by Crippen LogP contribution is 2.28. The van der Waals surface area contributed by atoms with Gasteiger partial charge in [0.15, 0.2) is 5.82 Å². The third kappa shape index (κ3) is 4.85. The van der Waals surface area contributed by atoms with Gasteiger partial charge in [0.1, 0.15) is 5.92 Å². The summed E-state index contributed by atoms with van der Waals surface area (Å²) in [7, 11) is 0. The predicted molar refractivity (Wildman–Crippen MR) is 64.8 cm³/mol. The van der Waals surface area contributed by atoms with Gasteiger partial charge in [-0.05, 0) is 6.92 Å². The van der Waals surface area contributed by atoms with Gasteiger partial charge in [0.05, 0.1) is 5.75 Å². The normalized spacial score (nSPS) is 14.5. The van der Waals surface area contributed by atoms with Crippen molar-refractivity contribution >= 4 is 17.5 Å². The molecule has 0 fully saturated rings. The molecule has 1 atom stereocenters. The van der Waals surface area contributed by atoms with Gasteiger partial charge in [0.25, 0.3) is 0 Å². The highest BCUT2D eigenvalue weighted by atomic mass is 32.2. The maximum atomic E-state index is 12.3. The minimum atomic E-state index is -4.89. The van der Waals surface area contributed by atoms with Crippen LogP contribution in [0.3, 0.4) is 0 Å². The molecule has 1 unspecified atom stereocenters. The first-order valence-corrected chi connectivity index (χ1v) is 6.57. The van der Waals surface area contributed by atoms with Gasteiger partial charge in [0, 0.05) is 4.75 Å². The lowest BCUT2D eigenvalue weighted by Crippen LogP contribution is -2.27. The molecular weight excluding hydrogens is 281 g/mol. The minimum absolute atomic E-state index is 0.0196. The van der Waals surface area contributed by atoms with Crippen LogP contribution in [0.15, 0.2) is 4.52 Å². The van der Waals surface area contributed by atoms with Gasteiger partial charge in [-0.2, -0.15) is 18.2 Å². The van der Waals surface area contributed by atoms with Crippen molar-refractivity contribution in [2.45, 2.75) is 50.3 Å². The molecule has 0 spiro atoms. The summed E-state index contributed by atoms with van der Waals surface area (Å²) in [6, 6.07) is 0. The van der Waals surface area contributed by atoms with E-state index >= 15 is 0 Å². The van der Waals surface area contributed by atoms with E-state index < -0.39 is 17.9 Å². The topological polar surface area (TPSA) is 56.0 Å². The molecule has 8 heteroatoms. The Morgan fingerprint density at radius 3 is 2.42 bits per heavy atom. The number of hydrogen-bond donors (Lipinski definition) is 0. The van der Waals surface area contributed by atoms with Crippen LogP contribution >= 0.6 is 11.8 Å². The van der Waals surface area contributed by atoms with Crippen molar-refractivity contribution in [2.75, 3.05) is 0 Å². The predicted octanol–water partition coefficient (Wildman–Crippen LogP) is 3.34. The van der Waals surface area contributed by atoms with Gasteiger partial charge in [-0.1, -0.05) is 25.9 Å². The Hall–Kier alpha value is -1.05. The number of alkyl halides is 3. The summed E-state index contributed by atoms with van der Waals surface area (Å²) in [5, 5.41) is 3.58. The lowest BCUT2D eigenvalue weighted by atomic mass is 10.1. The third-order valence-electron chi connectivity index (χ3n) is 2.16. The number of halogens is 3. The summed E-state index contributed by atoms with van der Waals surface area (Å²) in [5.74, 6) is -2.95. The molecular formula is C11H15F3N2O2S. The maximum absolute atomic E-state index is 12.3. The van der Waals surface area contributed by atoms with Crippen LogP contribution < -0.4 is 0 Å². The fraction of sp³-hybridized carbons (Fsp3) is 0.727. The Labute approximate surface area is 113 Å². The fourth-order valence-corrected chi connectivity index (χ4v) is 1.82. The van der Waals surface area contributed by atoms with E-state index in [1.807, 2.05) is 20.8 Å². The molecule has 19 heavy (non-hydrogen) atoms. The highest BCUT2D eigenvalue weighted by molar-refractivity contribution is 7.99. The summed E-state index contributed by atoms with van der Waals surface area (Å²) in [4.78, 5) is 14.9. The minimum Gasteiger partial charge on any atom is -0.339 e. The largest absolute Gasteiger partial charge is 0.450 e. The summed E-state index contributed by atoms with van der Waals surface area (Å²) in [5.41, 5.74) is 0. The molecule has 4 nitrogen and oxygen atoms in total. The number of ketones is 1. The zero-order valence-corrected chi connectivity index (χ0v) is 11.9. The molecule has 0 bridgehead atoms. The van der Waals surface area contributed by atoms with Crippen LogP contribution in [0.1, 0.15) is 45.3 Å². The zero-order valence-electron chi connectivity index (χ0n) is 11.0. The van der Waals surface area contributed by atoms with Crippen molar-refractivity contribution in [2.24, 2.45) is 0 Å². The van der Waals surface area contributed by atoms with Crippen LogP contribution in [0.5, 0.6) is 0 Å².